The molecule has 0 aromatic heterocycles. The van der Waals surface area contributed by atoms with Crippen LogP contribution in [0.3, 0.4) is 0 Å². The smallest absolute Gasteiger partial charge is 0.341 e. The Morgan fingerprint density at radius 1 is 1.41 bits per heavy atom. The number of likely N-dealkylation sites (N-methyl/N-ethyl adjacent to an activating group) is 1. The van der Waals surface area contributed by atoms with Crippen LogP contribution in [-0.2, 0) is 11.2 Å². The summed E-state index contributed by atoms with van der Waals surface area (Å²) >= 11 is 0. The van der Waals surface area contributed by atoms with Crippen molar-refractivity contribution in [3.8, 4) is 11.5 Å². The van der Waals surface area contributed by atoms with Gasteiger partial charge in [0.05, 0.1) is 14.2 Å². The molecule has 0 spiro atoms. The Balaban J connectivity index is 3.12. The first kappa shape index (κ1) is 13.3. The highest BCUT2D eigenvalue weighted by molar-refractivity contribution is 5.92. The van der Waals surface area contributed by atoms with Gasteiger partial charge < -0.3 is 19.9 Å². The molecule has 0 aliphatic rings. The number of hydrogen-bond acceptors (Lipinski definition) is 5. The molecule has 94 valence electrons. The van der Waals surface area contributed by atoms with Crippen molar-refractivity contribution in [1.29, 1.82) is 0 Å². The Kier molecular flexibility index (Phi) is 4.78. The fraction of sp³-hybridized carbons (Fsp3) is 0.417. The van der Waals surface area contributed by atoms with Gasteiger partial charge in [0.25, 0.3) is 0 Å². The summed E-state index contributed by atoms with van der Waals surface area (Å²) in [5.74, 6) is -0.136. The van der Waals surface area contributed by atoms with Crippen LogP contribution in [0.4, 0.5) is 0 Å². The summed E-state index contributed by atoms with van der Waals surface area (Å²) in [7, 11) is 4.64. The SMILES string of the molecule is CNCCc1cc(C(=O)OC)c(O)cc1OC. The molecule has 0 saturated carbocycles. The minimum absolute atomic E-state index is 0.137. The lowest BCUT2D eigenvalue weighted by molar-refractivity contribution is 0.0597. The zero-order chi connectivity index (χ0) is 12.8. The first-order valence-electron chi connectivity index (χ1n) is 5.26. The highest BCUT2D eigenvalue weighted by Crippen LogP contribution is 2.29. The highest BCUT2D eigenvalue weighted by atomic mass is 16.5. The van der Waals surface area contributed by atoms with Crippen LogP contribution in [0.25, 0.3) is 0 Å². The summed E-state index contributed by atoms with van der Waals surface area (Å²) in [6, 6.07) is 3.02. The van der Waals surface area contributed by atoms with Crippen LogP contribution in [0.2, 0.25) is 0 Å². The quantitative estimate of drug-likeness (QED) is 0.749. The minimum Gasteiger partial charge on any atom is -0.507 e. The van der Waals surface area contributed by atoms with Crippen molar-refractivity contribution in [3.05, 3.63) is 23.3 Å². The topological polar surface area (TPSA) is 67.8 Å². The zero-order valence-electron chi connectivity index (χ0n) is 10.2. The number of phenolic OH excluding ortho intramolecular Hbond substituents is 1. The van der Waals surface area contributed by atoms with E-state index >= 15 is 0 Å². The second-order valence-electron chi connectivity index (χ2n) is 3.53. The maximum absolute atomic E-state index is 11.4. The fourth-order valence-electron chi connectivity index (χ4n) is 1.53. The van der Waals surface area contributed by atoms with Crippen LogP contribution in [0.5, 0.6) is 11.5 Å². The van der Waals surface area contributed by atoms with Crippen LogP contribution in [-0.4, -0.2) is 38.9 Å². The van der Waals surface area contributed by atoms with E-state index in [0.717, 1.165) is 12.1 Å². The van der Waals surface area contributed by atoms with Gasteiger partial charge in [-0.05, 0) is 31.6 Å². The van der Waals surface area contributed by atoms with Gasteiger partial charge in [0, 0.05) is 6.07 Å². The summed E-state index contributed by atoms with van der Waals surface area (Å²) in [6.45, 7) is 0.752. The Labute approximate surface area is 100 Å². The Morgan fingerprint density at radius 2 is 2.12 bits per heavy atom. The summed E-state index contributed by atoms with van der Waals surface area (Å²) in [5.41, 5.74) is 0.999. The monoisotopic (exact) mass is 239 g/mol. The molecule has 0 unspecified atom stereocenters. The Morgan fingerprint density at radius 3 is 2.65 bits per heavy atom. The van der Waals surface area contributed by atoms with Crippen LogP contribution >= 0.6 is 0 Å². The number of ether oxygens (including phenoxy) is 2. The van der Waals surface area contributed by atoms with Gasteiger partial charge in [-0.15, -0.1) is 0 Å². The molecule has 0 amide bonds. The van der Waals surface area contributed by atoms with Crippen molar-refractivity contribution in [3.63, 3.8) is 0 Å². The van der Waals surface area contributed by atoms with Crippen molar-refractivity contribution < 1.29 is 19.4 Å². The van der Waals surface area contributed by atoms with Crippen molar-refractivity contribution >= 4 is 5.97 Å². The van der Waals surface area contributed by atoms with E-state index in [-0.39, 0.29) is 11.3 Å². The largest absolute Gasteiger partial charge is 0.507 e. The van der Waals surface area contributed by atoms with Crippen molar-refractivity contribution in [2.45, 2.75) is 6.42 Å². The molecule has 1 aromatic carbocycles. The third kappa shape index (κ3) is 3.10. The summed E-state index contributed by atoms with van der Waals surface area (Å²) in [4.78, 5) is 11.4. The molecule has 0 fully saturated rings. The molecule has 0 bridgehead atoms. The predicted octanol–water partition coefficient (Wildman–Crippen LogP) is 0.949. The van der Waals surface area contributed by atoms with E-state index in [0.29, 0.717) is 12.2 Å². The van der Waals surface area contributed by atoms with Gasteiger partial charge in [-0.2, -0.15) is 0 Å². The van der Waals surface area contributed by atoms with E-state index < -0.39 is 5.97 Å². The van der Waals surface area contributed by atoms with Gasteiger partial charge in [-0.25, -0.2) is 4.79 Å². The van der Waals surface area contributed by atoms with Crippen LogP contribution in [0, 0.1) is 0 Å². The number of rotatable bonds is 5. The molecule has 0 heterocycles. The van der Waals surface area contributed by atoms with Crippen LogP contribution < -0.4 is 10.1 Å². The Bertz CT molecular complexity index is 404. The number of hydrogen-bond donors (Lipinski definition) is 2. The maximum atomic E-state index is 11.4. The van der Waals surface area contributed by atoms with Gasteiger partial charge in [-0.1, -0.05) is 0 Å². The van der Waals surface area contributed by atoms with Gasteiger partial charge >= 0.3 is 5.97 Å². The van der Waals surface area contributed by atoms with E-state index in [1.54, 1.807) is 6.07 Å². The van der Waals surface area contributed by atoms with E-state index in [9.17, 15) is 9.90 Å². The number of carbonyl (C=O) groups is 1. The fourth-order valence-corrected chi connectivity index (χ4v) is 1.53. The van der Waals surface area contributed by atoms with Crippen molar-refractivity contribution in [2.75, 3.05) is 27.8 Å². The first-order valence-corrected chi connectivity index (χ1v) is 5.26. The average molecular weight is 239 g/mol. The van der Waals surface area contributed by atoms with E-state index in [4.69, 9.17) is 4.74 Å². The number of aromatic hydroxyl groups is 1. The second kappa shape index (κ2) is 6.10. The van der Waals surface area contributed by atoms with Crippen molar-refractivity contribution in [1.82, 2.24) is 5.32 Å². The molecule has 5 heteroatoms. The van der Waals surface area contributed by atoms with Gasteiger partial charge in [0.2, 0.25) is 0 Å². The second-order valence-corrected chi connectivity index (χ2v) is 3.53. The molecule has 0 aliphatic heterocycles. The van der Waals surface area contributed by atoms with Gasteiger partial charge in [0.1, 0.15) is 17.1 Å². The van der Waals surface area contributed by atoms with E-state index in [1.807, 2.05) is 7.05 Å². The molecule has 1 aromatic rings. The lowest BCUT2D eigenvalue weighted by Gasteiger charge is -2.11. The standard InChI is InChI=1S/C12H17NO4/c1-13-5-4-8-6-9(12(15)17-3)10(14)7-11(8)16-2/h6-7,13-14H,4-5H2,1-3H3. The maximum Gasteiger partial charge on any atom is 0.341 e. The number of carbonyl (C=O) groups excluding carboxylic acids is 1. The summed E-state index contributed by atoms with van der Waals surface area (Å²) in [6.07, 6.45) is 0.698. The number of esters is 1. The number of benzene rings is 1. The lowest BCUT2D eigenvalue weighted by atomic mass is 10.1. The third-order valence-corrected chi connectivity index (χ3v) is 2.45. The average Bonchev–Trinajstić information content (AvgIpc) is 2.35. The molecule has 2 N–H and O–H groups in total. The number of nitrogens with one attached hydrogen (secondary N) is 1. The summed E-state index contributed by atoms with van der Waals surface area (Å²) in [5, 5.41) is 12.7. The summed E-state index contributed by atoms with van der Waals surface area (Å²) < 4.78 is 9.75. The molecular weight excluding hydrogens is 222 g/mol. The number of methoxy groups -OCH3 is 2. The molecule has 0 aliphatic carbocycles. The molecular formula is C12H17NO4. The normalized spacial score (nSPS) is 10.1. The Hall–Kier alpha value is -1.75. The molecule has 0 radical (unpaired) electrons. The molecule has 0 atom stereocenters. The zero-order valence-corrected chi connectivity index (χ0v) is 10.2. The lowest BCUT2D eigenvalue weighted by Crippen LogP contribution is -2.12. The van der Waals surface area contributed by atoms with E-state index in [2.05, 4.69) is 10.1 Å². The number of phenols is 1. The molecule has 1 rings (SSSR count). The molecule has 17 heavy (non-hydrogen) atoms. The van der Waals surface area contributed by atoms with Crippen molar-refractivity contribution in [2.24, 2.45) is 0 Å². The van der Waals surface area contributed by atoms with E-state index in [1.165, 1.54) is 20.3 Å². The minimum atomic E-state index is -0.559. The predicted molar refractivity (Wildman–Crippen MR) is 63.6 cm³/mol. The van der Waals surface area contributed by atoms with Gasteiger partial charge in [-0.3, -0.25) is 0 Å². The van der Waals surface area contributed by atoms with Crippen LogP contribution in [0.15, 0.2) is 12.1 Å². The van der Waals surface area contributed by atoms with Gasteiger partial charge in [0.15, 0.2) is 0 Å². The molecule has 5 nitrogen and oxygen atoms in total. The molecule has 0 saturated heterocycles. The third-order valence-electron chi connectivity index (χ3n) is 2.45. The highest BCUT2D eigenvalue weighted by Gasteiger charge is 2.15. The van der Waals surface area contributed by atoms with Crippen LogP contribution in [0.1, 0.15) is 15.9 Å². The first-order chi connectivity index (χ1) is 8.13.